The van der Waals surface area contributed by atoms with E-state index in [0.717, 1.165) is 47.2 Å². The second-order valence-electron chi connectivity index (χ2n) is 10.6. The summed E-state index contributed by atoms with van der Waals surface area (Å²) in [5.41, 5.74) is 2.74. The molecular formula is C29H28N6O4S. The molecule has 1 saturated heterocycles. The molecule has 1 unspecified atom stereocenters. The molecule has 0 spiro atoms. The van der Waals surface area contributed by atoms with Crippen molar-refractivity contribution in [2.24, 2.45) is 10.4 Å². The first-order valence-electron chi connectivity index (χ1n) is 13.2. The number of allylic oxidation sites excluding steroid dienone is 1. The van der Waals surface area contributed by atoms with Crippen molar-refractivity contribution in [3.63, 3.8) is 0 Å². The maximum absolute atomic E-state index is 13.4. The van der Waals surface area contributed by atoms with Crippen molar-refractivity contribution >= 4 is 34.2 Å². The molecule has 3 aromatic heterocycles. The highest BCUT2D eigenvalue weighted by Crippen LogP contribution is 2.47. The molecule has 0 radical (unpaired) electrons. The van der Waals surface area contributed by atoms with Gasteiger partial charge in [0.15, 0.2) is 12.2 Å². The quantitative estimate of drug-likeness (QED) is 0.259. The van der Waals surface area contributed by atoms with Crippen molar-refractivity contribution < 1.29 is 19.1 Å². The van der Waals surface area contributed by atoms with Crippen LogP contribution in [0, 0.1) is 16.7 Å². The van der Waals surface area contributed by atoms with Gasteiger partial charge >= 0.3 is 0 Å². The molecule has 1 atom stereocenters. The Labute approximate surface area is 233 Å². The number of nitrogens with one attached hydrogen (secondary N) is 1. The van der Waals surface area contributed by atoms with Crippen LogP contribution in [0.3, 0.4) is 0 Å². The number of aromatic nitrogens is 3. The minimum Gasteiger partial charge on any atom is -0.443 e. The van der Waals surface area contributed by atoms with E-state index < -0.39 is 5.91 Å². The van der Waals surface area contributed by atoms with E-state index in [-0.39, 0.29) is 29.5 Å². The van der Waals surface area contributed by atoms with Crippen LogP contribution in [0.2, 0.25) is 0 Å². The van der Waals surface area contributed by atoms with Crippen LogP contribution in [-0.2, 0) is 17.9 Å². The van der Waals surface area contributed by atoms with Crippen LogP contribution in [0.25, 0.3) is 21.7 Å². The fraction of sp³-hybridized carbons (Fsp3) is 0.345. The Kier molecular flexibility index (Phi) is 6.73. The highest BCUT2D eigenvalue weighted by atomic mass is 32.1. The number of hydrogen-bond donors (Lipinski definition) is 2. The van der Waals surface area contributed by atoms with E-state index in [2.05, 4.69) is 28.0 Å². The maximum Gasteiger partial charge on any atom is 0.290 e. The first-order valence-corrected chi connectivity index (χ1v) is 14.0. The number of H-pyrrole nitrogens is 1. The molecule has 10 nitrogen and oxygen atoms in total. The molecule has 4 heterocycles. The molecule has 6 rings (SSSR count). The molecule has 0 bridgehead atoms. The van der Waals surface area contributed by atoms with Crippen LogP contribution < -0.4 is 5.62 Å². The van der Waals surface area contributed by atoms with Gasteiger partial charge in [0.2, 0.25) is 5.62 Å². The molecule has 1 aliphatic carbocycles. The number of thiophene rings is 1. The largest absolute Gasteiger partial charge is 0.443 e. The summed E-state index contributed by atoms with van der Waals surface area (Å²) in [7, 11) is 0. The first kappa shape index (κ1) is 26.0. The molecule has 2 N–H and O–H groups in total. The van der Waals surface area contributed by atoms with Gasteiger partial charge in [0, 0.05) is 13.1 Å². The number of rotatable bonds is 7. The van der Waals surface area contributed by atoms with E-state index in [1.54, 1.807) is 23.2 Å². The number of aliphatic hydroxyl groups is 1. The number of carbonyl (C=O) groups is 2. The average Bonchev–Trinajstić information content (AvgIpc) is 3.53. The van der Waals surface area contributed by atoms with E-state index in [0.29, 0.717) is 29.3 Å². The molecule has 2 amide bonds. The molecule has 1 aliphatic heterocycles. The topological polar surface area (TPSA) is 141 Å². The number of likely N-dealkylation sites (tertiary alicyclic amines) is 1. The molecule has 204 valence electrons. The van der Waals surface area contributed by atoms with E-state index in [9.17, 15) is 20.0 Å². The summed E-state index contributed by atoms with van der Waals surface area (Å²) in [5.74, 6) is -0.0758. The Balaban J connectivity index is 1.34. The van der Waals surface area contributed by atoms with Crippen LogP contribution in [0.15, 0.2) is 64.0 Å². The summed E-state index contributed by atoms with van der Waals surface area (Å²) in [5, 5.41) is 19.4. The number of oxazole rings is 1. The number of nitriles is 1. The van der Waals surface area contributed by atoms with Gasteiger partial charge in [0.1, 0.15) is 11.6 Å². The number of amides is 2. The number of aliphatic hydroxyl groups excluding tert-OH is 1. The van der Waals surface area contributed by atoms with Gasteiger partial charge in [-0.1, -0.05) is 19.1 Å². The van der Waals surface area contributed by atoms with Crippen molar-refractivity contribution in [1.29, 1.82) is 5.26 Å². The lowest BCUT2D eigenvalue weighted by molar-refractivity contribution is -0.127. The molecule has 11 heteroatoms. The molecule has 2 aliphatic rings. The van der Waals surface area contributed by atoms with Gasteiger partial charge in [0.05, 0.1) is 39.6 Å². The summed E-state index contributed by atoms with van der Waals surface area (Å²) in [6.45, 7) is 2.92. The monoisotopic (exact) mass is 556 g/mol. The zero-order chi connectivity index (χ0) is 27.9. The number of aromatic amines is 1. The minimum atomic E-state index is -0.412. The number of nitrogens with zero attached hydrogens (tertiary/aromatic N) is 5. The van der Waals surface area contributed by atoms with Gasteiger partial charge in [-0.05, 0) is 60.9 Å². The fourth-order valence-corrected chi connectivity index (χ4v) is 6.00. The van der Waals surface area contributed by atoms with Crippen molar-refractivity contribution in [3.05, 3.63) is 70.6 Å². The molecular weight excluding hydrogens is 528 g/mol. The summed E-state index contributed by atoms with van der Waals surface area (Å²) in [6.07, 6.45) is 8.33. The Bertz CT molecular complexity index is 1730. The van der Waals surface area contributed by atoms with Crippen molar-refractivity contribution in [1.82, 2.24) is 19.4 Å². The SMILES string of the molecule is CC1(C=C(C#N)C(=O)N2CCCC2Cn2c(=NC(=O)c3ccc(-c4cnco4)s3)[nH]c3cc(CO)ccc32)CC1. The molecule has 2 fully saturated rings. The van der Waals surface area contributed by atoms with Gasteiger partial charge in [-0.3, -0.25) is 9.59 Å². The average molecular weight is 557 g/mol. The van der Waals surface area contributed by atoms with Gasteiger partial charge < -0.3 is 24.0 Å². The summed E-state index contributed by atoms with van der Waals surface area (Å²) < 4.78 is 7.25. The number of carbonyl (C=O) groups excluding carboxylic acids is 2. The van der Waals surface area contributed by atoms with E-state index in [1.165, 1.54) is 17.7 Å². The summed E-state index contributed by atoms with van der Waals surface area (Å²) in [6, 6.07) is 11.0. The van der Waals surface area contributed by atoms with E-state index in [4.69, 9.17) is 4.42 Å². The number of fused-ring (bicyclic) bond motifs is 1. The Morgan fingerprint density at radius 2 is 2.20 bits per heavy atom. The van der Waals surface area contributed by atoms with Gasteiger partial charge in [0.25, 0.3) is 11.8 Å². The van der Waals surface area contributed by atoms with Crippen LogP contribution in [-0.4, -0.2) is 48.9 Å². The van der Waals surface area contributed by atoms with Crippen molar-refractivity contribution in [3.8, 4) is 16.7 Å². The third-order valence-electron chi connectivity index (χ3n) is 7.65. The zero-order valence-electron chi connectivity index (χ0n) is 22.0. The van der Waals surface area contributed by atoms with E-state index >= 15 is 0 Å². The van der Waals surface area contributed by atoms with Crippen LogP contribution in [0.4, 0.5) is 0 Å². The molecule has 1 aromatic carbocycles. The number of imidazole rings is 1. The van der Waals surface area contributed by atoms with E-state index in [1.807, 2.05) is 28.8 Å². The first-order chi connectivity index (χ1) is 19.4. The van der Waals surface area contributed by atoms with Crippen molar-refractivity contribution in [2.45, 2.75) is 51.8 Å². The zero-order valence-corrected chi connectivity index (χ0v) is 22.8. The van der Waals surface area contributed by atoms with Gasteiger partial charge in [-0.15, -0.1) is 11.3 Å². The van der Waals surface area contributed by atoms with Gasteiger partial charge in [-0.25, -0.2) is 4.98 Å². The Morgan fingerprint density at radius 3 is 2.92 bits per heavy atom. The smallest absolute Gasteiger partial charge is 0.290 e. The third kappa shape index (κ3) is 5.03. The van der Waals surface area contributed by atoms with Crippen molar-refractivity contribution in [2.75, 3.05) is 6.54 Å². The lowest BCUT2D eigenvalue weighted by Gasteiger charge is -2.25. The molecule has 4 aromatic rings. The van der Waals surface area contributed by atoms with Crippen LogP contribution in [0.5, 0.6) is 0 Å². The normalized spacial score (nSPS) is 18.8. The highest BCUT2D eigenvalue weighted by Gasteiger charge is 2.38. The maximum atomic E-state index is 13.4. The minimum absolute atomic E-state index is 0.0620. The number of hydrogen-bond acceptors (Lipinski definition) is 7. The predicted molar refractivity (Wildman–Crippen MR) is 148 cm³/mol. The Hall–Kier alpha value is -4.27. The fourth-order valence-electron chi connectivity index (χ4n) is 5.16. The summed E-state index contributed by atoms with van der Waals surface area (Å²) in [4.78, 5) is 41.3. The third-order valence-corrected chi connectivity index (χ3v) is 8.74. The molecule has 40 heavy (non-hydrogen) atoms. The number of benzene rings is 1. The Morgan fingerprint density at radius 1 is 1.35 bits per heavy atom. The van der Waals surface area contributed by atoms with Crippen LogP contribution >= 0.6 is 11.3 Å². The second-order valence-corrected chi connectivity index (χ2v) is 11.7. The lowest BCUT2D eigenvalue weighted by atomic mass is 10.0. The second kappa shape index (κ2) is 10.4. The molecule has 1 saturated carbocycles. The predicted octanol–water partition coefficient (Wildman–Crippen LogP) is 4.16. The van der Waals surface area contributed by atoms with Crippen LogP contribution in [0.1, 0.15) is 47.8 Å². The summed E-state index contributed by atoms with van der Waals surface area (Å²) >= 11 is 1.27. The highest BCUT2D eigenvalue weighted by molar-refractivity contribution is 7.17. The standard InChI is InChI=1S/C29H28N6O4S/c1-29(8-9-29)12-19(13-30)27(38)34-10-2-3-20(34)15-35-22-5-4-18(16-36)11-21(22)32-28(35)33-26(37)25-7-6-24(40-25)23-14-31-17-39-23/h4-7,11-12,14,17,20,36H,2-3,8-10,15-16H2,1H3,(H,32,33,37). The van der Waals surface area contributed by atoms with Gasteiger partial charge in [-0.2, -0.15) is 10.3 Å². The lowest BCUT2D eigenvalue weighted by Crippen LogP contribution is -2.40.